The first-order valence-corrected chi connectivity index (χ1v) is 9.24. The molecule has 0 saturated carbocycles. The van der Waals surface area contributed by atoms with Crippen molar-refractivity contribution in [2.75, 3.05) is 25.2 Å². The minimum Gasteiger partial charge on any atom is -0.462 e. The third-order valence-corrected chi connectivity index (χ3v) is 3.93. The minimum absolute atomic E-state index is 0.169. The second-order valence-corrected chi connectivity index (χ2v) is 6.04. The maximum absolute atomic E-state index is 13.4. The Morgan fingerprint density at radius 1 is 1.07 bits per heavy atom. The van der Waals surface area contributed by atoms with E-state index >= 15 is 0 Å². The van der Waals surface area contributed by atoms with Gasteiger partial charge in [0.05, 0.1) is 24.3 Å². The normalized spacial score (nSPS) is 11.6. The molecule has 0 saturated heterocycles. The number of carbonyl (C=O) groups is 2. The Labute approximate surface area is 156 Å². The van der Waals surface area contributed by atoms with E-state index in [1.165, 1.54) is 25.6 Å². The van der Waals surface area contributed by atoms with Gasteiger partial charge in [-0.3, -0.25) is 0 Å². The Balaban J connectivity index is 3.95. The number of hydrogen-bond donors (Lipinski definition) is 0. The number of pyridine rings is 1. The van der Waals surface area contributed by atoms with Crippen molar-refractivity contribution in [3.8, 4) is 0 Å². The standard InChI is InChI=1S/C16H18F5NO4S/c1-4-25-14(23)9-8(6-7-27-3)10(15(24)26-5-2)12(16(19,20)21)22-11(9)13(17)18/h13H,4-7H2,1-3H3. The second-order valence-electron chi connectivity index (χ2n) is 5.06. The third kappa shape index (κ3) is 5.53. The lowest BCUT2D eigenvalue weighted by Gasteiger charge is -2.20. The van der Waals surface area contributed by atoms with Crippen LogP contribution in [0.5, 0.6) is 0 Å². The summed E-state index contributed by atoms with van der Waals surface area (Å²) in [5, 5.41) is 0. The van der Waals surface area contributed by atoms with E-state index in [9.17, 15) is 31.5 Å². The van der Waals surface area contributed by atoms with Crippen molar-refractivity contribution in [2.24, 2.45) is 0 Å². The summed E-state index contributed by atoms with van der Waals surface area (Å²) in [7, 11) is 0. The van der Waals surface area contributed by atoms with Crippen LogP contribution in [0.2, 0.25) is 0 Å². The van der Waals surface area contributed by atoms with Gasteiger partial charge in [-0.25, -0.2) is 23.4 Å². The lowest BCUT2D eigenvalue weighted by molar-refractivity contribution is -0.142. The summed E-state index contributed by atoms with van der Waals surface area (Å²) in [5.74, 6) is -2.49. The van der Waals surface area contributed by atoms with Crippen LogP contribution in [0.25, 0.3) is 0 Å². The van der Waals surface area contributed by atoms with Crippen molar-refractivity contribution in [3.63, 3.8) is 0 Å². The predicted molar refractivity (Wildman–Crippen MR) is 88.2 cm³/mol. The van der Waals surface area contributed by atoms with Gasteiger partial charge >= 0.3 is 18.1 Å². The summed E-state index contributed by atoms with van der Waals surface area (Å²) in [6.07, 6.45) is -7.30. The molecule has 0 aliphatic carbocycles. The van der Waals surface area contributed by atoms with Crippen LogP contribution in [-0.4, -0.2) is 42.1 Å². The molecule has 0 fully saturated rings. The Bertz CT molecular complexity index is 694. The molecule has 27 heavy (non-hydrogen) atoms. The molecule has 5 nitrogen and oxygen atoms in total. The van der Waals surface area contributed by atoms with E-state index in [-0.39, 0.29) is 25.4 Å². The highest BCUT2D eigenvalue weighted by atomic mass is 32.2. The number of ether oxygens (including phenoxy) is 2. The summed E-state index contributed by atoms with van der Waals surface area (Å²) in [6, 6.07) is 0. The first-order valence-electron chi connectivity index (χ1n) is 7.85. The van der Waals surface area contributed by atoms with Crippen LogP contribution in [0, 0.1) is 0 Å². The number of esters is 2. The number of nitrogens with zero attached hydrogens (tertiary/aromatic N) is 1. The van der Waals surface area contributed by atoms with Crippen molar-refractivity contribution in [3.05, 3.63) is 28.1 Å². The Kier molecular flexibility index (Phi) is 8.45. The van der Waals surface area contributed by atoms with Crippen molar-refractivity contribution in [1.29, 1.82) is 0 Å². The molecule has 0 aromatic carbocycles. The monoisotopic (exact) mass is 415 g/mol. The number of rotatable bonds is 8. The molecule has 1 heterocycles. The van der Waals surface area contributed by atoms with Gasteiger partial charge in [-0.15, -0.1) is 0 Å². The zero-order chi connectivity index (χ0) is 20.8. The molecular weight excluding hydrogens is 397 g/mol. The number of thioether (sulfide) groups is 1. The molecule has 0 bridgehead atoms. The number of carbonyl (C=O) groups excluding carboxylic acids is 2. The zero-order valence-corrected chi connectivity index (χ0v) is 15.6. The topological polar surface area (TPSA) is 65.5 Å². The lowest BCUT2D eigenvalue weighted by atomic mass is 9.95. The molecule has 0 radical (unpaired) electrons. The SMILES string of the molecule is CCOC(=O)c1c(C(F)F)nc(C(F)(F)F)c(C(=O)OCC)c1CCSC. The highest BCUT2D eigenvalue weighted by Gasteiger charge is 2.43. The van der Waals surface area contributed by atoms with E-state index in [1.807, 2.05) is 0 Å². The summed E-state index contributed by atoms with van der Waals surface area (Å²) in [6.45, 7) is 2.34. The average Bonchev–Trinajstić information content (AvgIpc) is 2.57. The van der Waals surface area contributed by atoms with Crippen LogP contribution in [0.3, 0.4) is 0 Å². The predicted octanol–water partition coefficient (Wildman–Crippen LogP) is 4.30. The molecule has 152 valence electrons. The molecule has 0 aliphatic rings. The molecule has 0 atom stereocenters. The van der Waals surface area contributed by atoms with Gasteiger partial charge in [-0.1, -0.05) is 0 Å². The van der Waals surface area contributed by atoms with Crippen LogP contribution in [-0.2, 0) is 22.1 Å². The highest BCUT2D eigenvalue weighted by molar-refractivity contribution is 7.98. The summed E-state index contributed by atoms with van der Waals surface area (Å²) in [5.41, 5.74) is -5.54. The molecule has 0 aliphatic heterocycles. The largest absolute Gasteiger partial charge is 0.462 e. The Morgan fingerprint density at radius 3 is 2.00 bits per heavy atom. The average molecular weight is 415 g/mol. The number of aromatic nitrogens is 1. The Morgan fingerprint density at radius 2 is 1.59 bits per heavy atom. The van der Waals surface area contributed by atoms with Crippen molar-refractivity contribution in [1.82, 2.24) is 4.98 Å². The van der Waals surface area contributed by atoms with Gasteiger partial charge in [0.1, 0.15) is 5.69 Å². The second kappa shape index (κ2) is 9.86. The van der Waals surface area contributed by atoms with Gasteiger partial charge in [-0.2, -0.15) is 24.9 Å². The van der Waals surface area contributed by atoms with Gasteiger partial charge in [-0.05, 0) is 37.8 Å². The zero-order valence-electron chi connectivity index (χ0n) is 14.8. The molecule has 0 unspecified atom stereocenters. The molecule has 0 N–H and O–H groups in total. The van der Waals surface area contributed by atoms with E-state index in [1.54, 1.807) is 6.26 Å². The van der Waals surface area contributed by atoms with E-state index in [4.69, 9.17) is 4.74 Å². The van der Waals surface area contributed by atoms with Crippen LogP contribution in [0.1, 0.15) is 57.9 Å². The molecule has 1 aromatic heterocycles. The van der Waals surface area contributed by atoms with Gasteiger partial charge in [0.25, 0.3) is 6.43 Å². The van der Waals surface area contributed by atoms with Gasteiger partial charge in [0.15, 0.2) is 5.69 Å². The number of hydrogen-bond acceptors (Lipinski definition) is 6. The van der Waals surface area contributed by atoms with Crippen LogP contribution in [0.4, 0.5) is 22.0 Å². The van der Waals surface area contributed by atoms with Crippen molar-refractivity contribution in [2.45, 2.75) is 32.9 Å². The molecule has 1 aromatic rings. The van der Waals surface area contributed by atoms with E-state index in [0.29, 0.717) is 0 Å². The fraction of sp³-hybridized carbons (Fsp3) is 0.562. The van der Waals surface area contributed by atoms with Gasteiger partial charge < -0.3 is 9.47 Å². The van der Waals surface area contributed by atoms with Gasteiger partial charge in [0, 0.05) is 0 Å². The third-order valence-electron chi connectivity index (χ3n) is 3.32. The number of halogens is 5. The molecule has 0 amide bonds. The van der Waals surface area contributed by atoms with E-state index in [2.05, 4.69) is 9.72 Å². The Hall–Kier alpha value is -1.91. The van der Waals surface area contributed by atoms with Crippen LogP contribution in [0.15, 0.2) is 0 Å². The first kappa shape index (κ1) is 23.1. The number of alkyl halides is 5. The van der Waals surface area contributed by atoms with Crippen molar-refractivity contribution < 1.29 is 41.0 Å². The summed E-state index contributed by atoms with van der Waals surface area (Å²) >= 11 is 1.20. The van der Waals surface area contributed by atoms with E-state index < -0.39 is 52.6 Å². The fourth-order valence-electron chi connectivity index (χ4n) is 2.33. The molecule has 0 spiro atoms. The smallest absolute Gasteiger partial charge is 0.434 e. The maximum atomic E-state index is 13.4. The minimum atomic E-state index is -5.20. The molecule has 11 heteroatoms. The van der Waals surface area contributed by atoms with Gasteiger partial charge in [0.2, 0.25) is 0 Å². The summed E-state index contributed by atoms with van der Waals surface area (Å²) in [4.78, 5) is 27.3. The van der Waals surface area contributed by atoms with Crippen LogP contribution < -0.4 is 0 Å². The molecular formula is C16H18F5NO4S. The quantitative estimate of drug-likeness (QED) is 0.466. The fourth-order valence-corrected chi connectivity index (χ4v) is 2.73. The highest BCUT2D eigenvalue weighted by Crippen LogP contribution is 2.37. The maximum Gasteiger partial charge on any atom is 0.434 e. The van der Waals surface area contributed by atoms with E-state index in [0.717, 1.165) is 0 Å². The summed E-state index contributed by atoms with van der Waals surface area (Å²) < 4.78 is 76.5. The van der Waals surface area contributed by atoms with Crippen LogP contribution >= 0.6 is 11.8 Å². The molecule has 1 rings (SSSR count). The lowest BCUT2D eigenvalue weighted by Crippen LogP contribution is -2.25. The van der Waals surface area contributed by atoms with Crippen molar-refractivity contribution >= 4 is 23.7 Å². The first-order chi connectivity index (χ1) is 12.6.